The summed E-state index contributed by atoms with van der Waals surface area (Å²) in [6.07, 6.45) is 13.5. The zero-order chi connectivity index (χ0) is 23.9. The predicted octanol–water partition coefficient (Wildman–Crippen LogP) is 3.48. The van der Waals surface area contributed by atoms with Crippen molar-refractivity contribution in [1.82, 2.24) is 9.97 Å². The molecule has 0 saturated heterocycles. The number of nitrogens with zero attached hydrogens (tertiary/aromatic N) is 1. The molecule has 2 atom stereocenters. The number of hydrogen-bond acceptors (Lipinski definition) is 6. The van der Waals surface area contributed by atoms with E-state index < -0.39 is 33.7 Å². The van der Waals surface area contributed by atoms with Gasteiger partial charge < -0.3 is 15.2 Å². The van der Waals surface area contributed by atoms with Gasteiger partial charge in [0.25, 0.3) is 0 Å². The molecule has 11 heteroatoms. The summed E-state index contributed by atoms with van der Waals surface area (Å²) in [5.74, 6) is -2.45. The number of carboxylic acid groups (broad SMARTS) is 2. The highest BCUT2D eigenvalue weighted by Gasteiger charge is 2.43. The Morgan fingerprint density at radius 2 is 1.87 bits per heavy atom. The highest BCUT2D eigenvalue weighted by atomic mass is 32.3. The molecule has 10 nitrogen and oxygen atoms in total. The van der Waals surface area contributed by atoms with Gasteiger partial charge in [-0.3, -0.25) is 9.35 Å². The topological polar surface area (TPSA) is 167 Å². The first-order chi connectivity index (χ1) is 14.5. The van der Waals surface area contributed by atoms with Gasteiger partial charge in [-0.15, -0.1) is 0 Å². The molecule has 0 aromatic carbocycles. The molecule has 1 aliphatic rings. The zero-order valence-corrected chi connectivity index (χ0v) is 18.8. The number of H-pyrrole nitrogens is 1. The largest absolute Gasteiger partial charge is 0.481 e. The van der Waals surface area contributed by atoms with Crippen molar-refractivity contribution in [3.63, 3.8) is 0 Å². The minimum Gasteiger partial charge on any atom is -0.481 e. The van der Waals surface area contributed by atoms with Gasteiger partial charge in [0.1, 0.15) is 0 Å². The number of aliphatic carboxylic acids is 2. The molecule has 0 radical (unpaired) electrons. The summed E-state index contributed by atoms with van der Waals surface area (Å²) in [4.78, 5) is 28.9. The lowest BCUT2D eigenvalue weighted by molar-refractivity contribution is -0.148. The van der Waals surface area contributed by atoms with Crippen LogP contribution in [0.5, 0.6) is 0 Å². The van der Waals surface area contributed by atoms with E-state index in [4.69, 9.17) is 9.66 Å². The molecule has 0 spiro atoms. The molecule has 0 fully saturated rings. The van der Waals surface area contributed by atoms with E-state index in [0.717, 1.165) is 19.3 Å². The van der Waals surface area contributed by atoms with Crippen LogP contribution < -0.4 is 0 Å². The van der Waals surface area contributed by atoms with Gasteiger partial charge in [0.05, 0.1) is 18.3 Å². The third-order valence-corrected chi connectivity index (χ3v) is 4.97. The van der Waals surface area contributed by atoms with Crippen LogP contribution in [0.4, 0.5) is 0 Å². The molecule has 2 unspecified atom stereocenters. The number of hydrogen-bond donors (Lipinski definition) is 4. The second-order valence-corrected chi connectivity index (χ2v) is 8.02. The van der Waals surface area contributed by atoms with Gasteiger partial charge in [0.2, 0.25) is 0 Å². The molecule has 1 heterocycles. The van der Waals surface area contributed by atoms with Crippen LogP contribution in [0.2, 0.25) is 0 Å². The summed E-state index contributed by atoms with van der Waals surface area (Å²) in [7, 11) is -4.20. The number of carbonyl (C=O) groups is 2. The average molecular weight is 461 g/mol. The van der Waals surface area contributed by atoms with E-state index >= 15 is 0 Å². The maximum atomic E-state index is 11.3. The van der Waals surface area contributed by atoms with Crippen LogP contribution in [0.3, 0.4) is 0 Å². The second kappa shape index (κ2) is 14.5. The van der Waals surface area contributed by atoms with Crippen molar-refractivity contribution < 1.29 is 37.0 Å². The van der Waals surface area contributed by atoms with E-state index in [-0.39, 0.29) is 12.2 Å². The number of nitrogens with one attached hydrogen (secondary N) is 1. The second-order valence-electron chi connectivity index (χ2n) is 6.93. The Morgan fingerprint density at radius 3 is 2.26 bits per heavy atom. The van der Waals surface area contributed by atoms with E-state index in [2.05, 4.69) is 14.2 Å². The van der Waals surface area contributed by atoms with Crippen LogP contribution in [0.1, 0.15) is 52.9 Å². The fourth-order valence-corrected chi connectivity index (χ4v) is 3.06. The molecule has 1 aliphatic carbocycles. The summed E-state index contributed by atoms with van der Waals surface area (Å²) in [6, 6.07) is 0. The van der Waals surface area contributed by atoms with Crippen LogP contribution in [0.25, 0.3) is 0 Å². The number of unbranched alkanes of at least 4 members (excludes halogenated alkanes) is 2. The number of aromatic nitrogens is 2. The first-order valence-corrected chi connectivity index (χ1v) is 11.3. The first-order valence-electron chi connectivity index (χ1n) is 9.90. The lowest BCUT2D eigenvalue weighted by Crippen LogP contribution is -2.38. The minimum absolute atomic E-state index is 0.0648. The normalized spacial score (nSPS) is 19.9. The molecule has 0 saturated carbocycles. The number of imidazole rings is 1. The number of aromatic amines is 1. The molecule has 0 aliphatic heterocycles. The van der Waals surface area contributed by atoms with Crippen LogP contribution in [0.15, 0.2) is 42.5 Å². The van der Waals surface area contributed by atoms with E-state index in [1.54, 1.807) is 31.7 Å². The standard InChI is InChI=1S/C13H18O4.C4H10O4S.C3H4N2/c1-3-4-7-10-9(11(14)15)6-5-8-13(10,2)12(16)17;1-2-3-4-8-9(5,6)7;1-2-5-3-4-1/h5-6,8,10H,3-4,7H2,1-2H3,(H,14,15)(H,16,17);2-4H2,1H3,(H,5,6,7);1-3H,(H,4,5). The Morgan fingerprint density at radius 1 is 1.23 bits per heavy atom. The minimum atomic E-state index is -4.20. The van der Waals surface area contributed by atoms with Gasteiger partial charge in [0, 0.05) is 23.9 Å². The molecular formula is C20H32N2O8S. The first kappa shape index (κ1) is 28.5. The molecule has 0 amide bonds. The fourth-order valence-electron chi connectivity index (χ4n) is 2.74. The van der Waals surface area contributed by atoms with Gasteiger partial charge in [-0.1, -0.05) is 51.3 Å². The number of carboxylic acids is 2. The Balaban J connectivity index is 0.000000531. The van der Waals surface area contributed by atoms with Crippen molar-refractivity contribution >= 4 is 22.3 Å². The number of rotatable bonds is 9. The SMILES string of the molecule is CCCCC1C(C(=O)O)=CC=CC1(C)C(=O)O.CCCCOS(=O)(=O)O.c1c[nH]cn1. The number of allylic oxidation sites excluding steroid dienone is 2. The lowest BCUT2D eigenvalue weighted by atomic mass is 9.68. The third kappa shape index (κ3) is 11.5. The van der Waals surface area contributed by atoms with Crippen LogP contribution >= 0.6 is 0 Å². The molecule has 1 aromatic heterocycles. The van der Waals surface area contributed by atoms with Crippen molar-refractivity contribution in [1.29, 1.82) is 0 Å². The zero-order valence-electron chi connectivity index (χ0n) is 18.0. The van der Waals surface area contributed by atoms with Gasteiger partial charge >= 0.3 is 22.3 Å². The Labute approximate surface area is 183 Å². The average Bonchev–Trinajstić information content (AvgIpc) is 3.26. The summed E-state index contributed by atoms with van der Waals surface area (Å²) >= 11 is 0. The van der Waals surface area contributed by atoms with Crippen LogP contribution in [0, 0.1) is 11.3 Å². The van der Waals surface area contributed by atoms with Crippen LogP contribution in [-0.2, 0) is 24.2 Å². The van der Waals surface area contributed by atoms with Crippen molar-refractivity contribution in [3.05, 3.63) is 42.5 Å². The summed E-state index contributed by atoms with van der Waals surface area (Å²) < 4.78 is 31.7. The van der Waals surface area contributed by atoms with Gasteiger partial charge in [-0.2, -0.15) is 8.42 Å². The molecule has 1 aromatic rings. The third-order valence-electron chi connectivity index (χ3n) is 4.51. The lowest BCUT2D eigenvalue weighted by Gasteiger charge is -2.34. The van der Waals surface area contributed by atoms with E-state index in [9.17, 15) is 23.1 Å². The molecule has 4 N–H and O–H groups in total. The Kier molecular flexibility index (Phi) is 13.3. The maximum absolute atomic E-state index is 11.3. The molecule has 2 rings (SSSR count). The Hall–Kier alpha value is -2.50. The monoisotopic (exact) mass is 460 g/mol. The van der Waals surface area contributed by atoms with Crippen molar-refractivity contribution in [2.75, 3.05) is 6.61 Å². The highest BCUT2D eigenvalue weighted by Crippen LogP contribution is 2.41. The summed E-state index contributed by atoms with van der Waals surface area (Å²) in [5, 5.41) is 18.4. The summed E-state index contributed by atoms with van der Waals surface area (Å²) in [6.45, 7) is 5.55. The van der Waals surface area contributed by atoms with Crippen molar-refractivity contribution in [3.8, 4) is 0 Å². The van der Waals surface area contributed by atoms with Gasteiger partial charge in [-0.05, 0) is 19.8 Å². The molecule has 0 bridgehead atoms. The summed E-state index contributed by atoms with van der Waals surface area (Å²) in [5.41, 5.74) is -0.914. The highest BCUT2D eigenvalue weighted by molar-refractivity contribution is 7.80. The molecule has 31 heavy (non-hydrogen) atoms. The fraction of sp³-hybridized carbons (Fsp3) is 0.550. The van der Waals surface area contributed by atoms with E-state index in [1.165, 1.54) is 12.2 Å². The van der Waals surface area contributed by atoms with Crippen LogP contribution in [-0.4, -0.2) is 51.7 Å². The van der Waals surface area contributed by atoms with Crippen molar-refractivity contribution in [2.24, 2.45) is 11.3 Å². The van der Waals surface area contributed by atoms with Gasteiger partial charge in [-0.25, -0.2) is 14.0 Å². The van der Waals surface area contributed by atoms with E-state index in [0.29, 0.717) is 12.8 Å². The predicted molar refractivity (Wildman–Crippen MR) is 115 cm³/mol. The maximum Gasteiger partial charge on any atom is 0.397 e. The molecule has 176 valence electrons. The quantitative estimate of drug-likeness (QED) is 0.318. The van der Waals surface area contributed by atoms with E-state index in [1.807, 2.05) is 13.8 Å². The Bertz CT molecular complexity index is 801. The smallest absolute Gasteiger partial charge is 0.397 e. The van der Waals surface area contributed by atoms with Crippen molar-refractivity contribution in [2.45, 2.75) is 52.9 Å². The molecular weight excluding hydrogens is 428 g/mol. The van der Waals surface area contributed by atoms with Gasteiger partial charge in [0.15, 0.2) is 0 Å².